The molecular weight excluding hydrogens is 463 g/mol. The first-order valence-corrected chi connectivity index (χ1v) is 11.3. The molecule has 1 saturated heterocycles. The molecule has 5 rings (SSSR count). The van der Waals surface area contributed by atoms with Crippen LogP contribution < -0.4 is 11.1 Å². The van der Waals surface area contributed by atoms with E-state index in [0.29, 0.717) is 28.6 Å². The Kier molecular flexibility index (Phi) is 5.44. The molecule has 0 bridgehead atoms. The van der Waals surface area contributed by atoms with E-state index in [0.717, 1.165) is 11.0 Å². The molecule has 2 aliphatic rings. The first-order chi connectivity index (χ1) is 16.2. The van der Waals surface area contributed by atoms with Crippen molar-refractivity contribution in [1.82, 2.24) is 9.47 Å². The van der Waals surface area contributed by atoms with Gasteiger partial charge in [-0.05, 0) is 48.9 Å². The minimum Gasteiger partial charge on any atom is -0.508 e. The number of halogens is 2. The molecule has 10 heteroatoms. The number of fused-ring (bicyclic) bond motifs is 2. The SMILES string of the molecule is NC(=O)n1cc(NC(=O)N2C3CC3C[C@H]2C(=O)CCc2cccc(Cl)c2F)c2ccc(O)cc21. The summed E-state index contributed by atoms with van der Waals surface area (Å²) in [5.41, 5.74) is 6.49. The Hall–Kier alpha value is -3.59. The van der Waals surface area contributed by atoms with Gasteiger partial charge in [0.2, 0.25) is 0 Å². The predicted octanol–water partition coefficient (Wildman–Crippen LogP) is 4.26. The van der Waals surface area contributed by atoms with E-state index in [1.165, 1.54) is 24.4 Å². The molecule has 176 valence electrons. The normalized spacial score (nSPS) is 20.9. The van der Waals surface area contributed by atoms with Crippen LogP contribution in [-0.2, 0) is 11.2 Å². The summed E-state index contributed by atoms with van der Waals surface area (Å²) in [5.74, 6) is -0.441. The fourth-order valence-corrected chi connectivity index (χ4v) is 5.07. The van der Waals surface area contributed by atoms with E-state index in [9.17, 15) is 23.9 Å². The number of aromatic hydroxyl groups is 1. The third kappa shape index (κ3) is 3.86. The van der Waals surface area contributed by atoms with Crippen molar-refractivity contribution >= 4 is 46.0 Å². The number of ketones is 1. The number of rotatable bonds is 5. The lowest BCUT2D eigenvalue weighted by Gasteiger charge is -2.27. The molecule has 34 heavy (non-hydrogen) atoms. The highest BCUT2D eigenvalue weighted by molar-refractivity contribution is 6.30. The van der Waals surface area contributed by atoms with E-state index in [4.69, 9.17) is 17.3 Å². The minimum absolute atomic E-state index is 0.0107. The summed E-state index contributed by atoms with van der Waals surface area (Å²) >= 11 is 5.83. The van der Waals surface area contributed by atoms with Gasteiger partial charge in [0.15, 0.2) is 5.78 Å². The lowest BCUT2D eigenvalue weighted by atomic mass is 10.00. The number of piperidine rings is 1. The second kappa shape index (κ2) is 8.32. The number of phenols is 1. The van der Waals surface area contributed by atoms with Crippen LogP contribution in [0.3, 0.4) is 0 Å². The van der Waals surface area contributed by atoms with Crippen LogP contribution in [0, 0.1) is 11.7 Å². The highest BCUT2D eigenvalue weighted by Gasteiger charge is 2.55. The Bertz CT molecular complexity index is 1340. The maximum Gasteiger partial charge on any atom is 0.323 e. The number of Topliss-reactive ketones (excluding diaryl/α,β-unsaturated/α-hetero) is 1. The van der Waals surface area contributed by atoms with Gasteiger partial charge in [-0.2, -0.15) is 0 Å². The van der Waals surface area contributed by atoms with E-state index in [-0.39, 0.29) is 41.4 Å². The zero-order valence-electron chi connectivity index (χ0n) is 18.0. The topological polar surface area (TPSA) is 118 Å². The second-order valence-corrected chi connectivity index (χ2v) is 9.19. The monoisotopic (exact) mass is 484 g/mol. The number of benzene rings is 2. The molecule has 0 radical (unpaired) electrons. The summed E-state index contributed by atoms with van der Waals surface area (Å²) in [7, 11) is 0. The van der Waals surface area contributed by atoms with Gasteiger partial charge < -0.3 is 21.1 Å². The molecule has 1 aliphatic carbocycles. The summed E-state index contributed by atoms with van der Waals surface area (Å²) < 4.78 is 15.3. The van der Waals surface area contributed by atoms with Crippen molar-refractivity contribution in [1.29, 1.82) is 0 Å². The number of nitrogens with zero attached hydrogens (tertiary/aromatic N) is 2. The van der Waals surface area contributed by atoms with Crippen molar-refractivity contribution in [2.45, 2.75) is 37.8 Å². The van der Waals surface area contributed by atoms with Crippen molar-refractivity contribution in [2.24, 2.45) is 11.7 Å². The zero-order chi connectivity index (χ0) is 24.1. The highest BCUT2D eigenvalue weighted by atomic mass is 35.5. The van der Waals surface area contributed by atoms with E-state index in [2.05, 4.69) is 5.32 Å². The predicted molar refractivity (Wildman–Crippen MR) is 124 cm³/mol. The van der Waals surface area contributed by atoms with E-state index >= 15 is 0 Å². The lowest BCUT2D eigenvalue weighted by Crippen LogP contribution is -2.45. The van der Waals surface area contributed by atoms with Gasteiger partial charge in [-0.15, -0.1) is 0 Å². The first kappa shape index (κ1) is 22.2. The Morgan fingerprint density at radius 1 is 1.21 bits per heavy atom. The van der Waals surface area contributed by atoms with Crippen LogP contribution in [0.2, 0.25) is 5.02 Å². The van der Waals surface area contributed by atoms with Crippen LogP contribution in [0.4, 0.5) is 19.7 Å². The second-order valence-electron chi connectivity index (χ2n) is 8.78. The molecule has 2 unspecified atom stereocenters. The summed E-state index contributed by atoms with van der Waals surface area (Å²) in [6, 6.07) is 7.25. The number of phenolic OH excluding ortho intramolecular Hbond substituents is 1. The number of carbonyl (C=O) groups is 3. The summed E-state index contributed by atoms with van der Waals surface area (Å²) in [6.45, 7) is 0. The average Bonchev–Trinajstić information content (AvgIpc) is 3.31. The van der Waals surface area contributed by atoms with Crippen LogP contribution >= 0.6 is 11.6 Å². The van der Waals surface area contributed by atoms with Crippen molar-refractivity contribution in [3.8, 4) is 5.75 Å². The third-order valence-electron chi connectivity index (χ3n) is 6.65. The first-order valence-electron chi connectivity index (χ1n) is 10.9. The molecule has 2 aromatic carbocycles. The number of aromatic nitrogens is 1. The lowest BCUT2D eigenvalue weighted by molar-refractivity contribution is -0.123. The molecule has 2 fully saturated rings. The quantitative estimate of drug-likeness (QED) is 0.501. The summed E-state index contributed by atoms with van der Waals surface area (Å²) in [4.78, 5) is 39.6. The molecule has 0 spiro atoms. The number of anilines is 1. The number of nitrogens with one attached hydrogen (secondary N) is 1. The van der Waals surface area contributed by atoms with Gasteiger partial charge in [-0.3, -0.25) is 9.36 Å². The minimum atomic E-state index is -0.763. The number of nitrogens with two attached hydrogens (primary N) is 1. The van der Waals surface area contributed by atoms with Gasteiger partial charge in [0.25, 0.3) is 0 Å². The molecule has 8 nitrogen and oxygen atoms in total. The van der Waals surface area contributed by atoms with Crippen molar-refractivity contribution in [2.75, 3.05) is 5.32 Å². The Balaban J connectivity index is 1.34. The number of amides is 3. The van der Waals surface area contributed by atoms with E-state index in [1.54, 1.807) is 23.1 Å². The molecule has 3 aromatic rings. The number of likely N-dealkylation sites (tertiary alicyclic amines) is 1. The summed E-state index contributed by atoms with van der Waals surface area (Å²) in [5, 5.41) is 13.1. The van der Waals surface area contributed by atoms with Crippen LogP contribution in [-0.4, -0.2) is 44.5 Å². The van der Waals surface area contributed by atoms with Gasteiger partial charge in [0, 0.05) is 30.1 Å². The molecule has 3 atom stereocenters. The van der Waals surface area contributed by atoms with Crippen LogP contribution in [0.5, 0.6) is 5.75 Å². The maximum absolute atomic E-state index is 14.2. The van der Waals surface area contributed by atoms with Gasteiger partial charge in [-0.1, -0.05) is 23.7 Å². The van der Waals surface area contributed by atoms with Crippen molar-refractivity contribution in [3.05, 3.63) is 59.0 Å². The molecule has 1 aromatic heterocycles. The summed E-state index contributed by atoms with van der Waals surface area (Å²) in [6.07, 6.45) is 3.08. The molecular formula is C24H22ClFN4O4. The van der Waals surface area contributed by atoms with E-state index < -0.39 is 23.9 Å². The van der Waals surface area contributed by atoms with Gasteiger partial charge in [-0.25, -0.2) is 14.0 Å². The number of aryl methyl sites for hydroxylation is 1. The smallest absolute Gasteiger partial charge is 0.323 e. The Labute approximate surface area is 199 Å². The van der Waals surface area contributed by atoms with Crippen LogP contribution in [0.1, 0.15) is 24.8 Å². The van der Waals surface area contributed by atoms with Gasteiger partial charge in [0.05, 0.1) is 22.3 Å². The molecule has 2 heterocycles. The van der Waals surface area contributed by atoms with E-state index in [1.807, 2.05) is 0 Å². The van der Waals surface area contributed by atoms with Crippen LogP contribution in [0.25, 0.3) is 10.9 Å². The maximum atomic E-state index is 14.2. The number of urea groups is 1. The highest BCUT2D eigenvalue weighted by Crippen LogP contribution is 2.48. The Morgan fingerprint density at radius 2 is 2.00 bits per heavy atom. The fraction of sp³-hybridized carbons (Fsp3) is 0.292. The standard InChI is InChI=1S/C24H22ClFN4O4/c25-16-3-1-2-12(22(16)26)4-7-21(32)20-9-13-8-18(13)30(20)24(34)28-17-11-29(23(27)33)19-10-14(31)5-6-15(17)19/h1-3,5-6,10-11,13,18,20,31H,4,7-9H2,(H2,27,33)(H,28,34)/t13?,18?,20-/m0/s1. The molecule has 4 N–H and O–H groups in total. The van der Waals surface area contributed by atoms with Gasteiger partial charge in [0.1, 0.15) is 11.6 Å². The van der Waals surface area contributed by atoms with Crippen LogP contribution in [0.15, 0.2) is 42.6 Å². The number of primary amides is 1. The third-order valence-corrected chi connectivity index (χ3v) is 6.94. The van der Waals surface area contributed by atoms with Crippen molar-refractivity contribution in [3.63, 3.8) is 0 Å². The number of hydrogen-bond donors (Lipinski definition) is 3. The number of hydrogen-bond acceptors (Lipinski definition) is 4. The van der Waals surface area contributed by atoms with Gasteiger partial charge >= 0.3 is 12.1 Å². The molecule has 3 amide bonds. The number of carbonyl (C=O) groups excluding carboxylic acids is 3. The Morgan fingerprint density at radius 3 is 2.76 bits per heavy atom. The molecule has 1 saturated carbocycles. The fourth-order valence-electron chi connectivity index (χ4n) is 4.88. The van der Waals surface area contributed by atoms with Crippen molar-refractivity contribution < 1.29 is 23.9 Å². The zero-order valence-corrected chi connectivity index (χ0v) is 18.8. The molecule has 1 aliphatic heterocycles. The average molecular weight is 485 g/mol. The largest absolute Gasteiger partial charge is 0.508 e.